The van der Waals surface area contributed by atoms with Gasteiger partial charge in [0.2, 0.25) is 0 Å². The summed E-state index contributed by atoms with van der Waals surface area (Å²) in [5.74, 6) is 7.46. The number of aromatic nitrogens is 2. The van der Waals surface area contributed by atoms with Crippen molar-refractivity contribution < 1.29 is 9.84 Å². The highest BCUT2D eigenvalue weighted by Gasteiger charge is 2.29. The van der Waals surface area contributed by atoms with Crippen molar-refractivity contribution in [1.82, 2.24) is 9.97 Å². The zero-order valence-electron chi connectivity index (χ0n) is 10.4. The third-order valence-electron chi connectivity index (χ3n) is 2.85. The first-order valence-corrected chi connectivity index (χ1v) is 5.98. The summed E-state index contributed by atoms with van der Waals surface area (Å²) in [6.07, 6.45) is 1.90. The second-order valence-electron chi connectivity index (χ2n) is 4.42. The Kier molecular flexibility index (Phi) is 4.29. The van der Waals surface area contributed by atoms with Crippen LogP contribution in [-0.4, -0.2) is 34.8 Å². The van der Waals surface area contributed by atoms with Gasteiger partial charge < -0.3 is 20.6 Å². The monoisotopic (exact) mass is 253 g/mol. The fourth-order valence-electron chi connectivity index (χ4n) is 1.71. The fraction of sp³-hybridized carbons (Fsp3) is 0.636. The third-order valence-corrected chi connectivity index (χ3v) is 2.85. The maximum atomic E-state index is 9.78. The molecule has 2 rings (SSSR count). The number of hydrogen-bond acceptors (Lipinski definition) is 7. The molecule has 1 saturated carbocycles. The fourth-order valence-corrected chi connectivity index (χ4v) is 1.71. The number of hydrazine groups is 1. The van der Waals surface area contributed by atoms with Crippen LogP contribution in [0.2, 0.25) is 0 Å². The number of nitrogens with zero attached hydrogens (tertiary/aromatic N) is 2. The van der Waals surface area contributed by atoms with Gasteiger partial charge in [-0.2, -0.15) is 0 Å². The van der Waals surface area contributed by atoms with Gasteiger partial charge in [0.05, 0.1) is 6.10 Å². The Morgan fingerprint density at radius 3 is 2.83 bits per heavy atom. The molecule has 0 saturated heterocycles. The summed E-state index contributed by atoms with van der Waals surface area (Å²) in [6, 6.07) is 1.69. The summed E-state index contributed by atoms with van der Waals surface area (Å²) in [6.45, 7) is 0.799. The molecule has 0 amide bonds. The molecule has 1 heterocycles. The predicted molar refractivity (Wildman–Crippen MR) is 67.8 cm³/mol. The van der Waals surface area contributed by atoms with E-state index >= 15 is 0 Å². The van der Waals surface area contributed by atoms with E-state index in [-0.39, 0.29) is 6.10 Å². The molecule has 0 aromatic carbocycles. The number of nitrogens with one attached hydrogen (secondary N) is 2. The summed E-state index contributed by atoms with van der Waals surface area (Å²) in [4.78, 5) is 8.41. The Bertz CT molecular complexity index is 397. The lowest BCUT2D eigenvalue weighted by molar-refractivity contribution is 0.164. The van der Waals surface area contributed by atoms with Crippen LogP contribution in [0.25, 0.3) is 0 Å². The van der Waals surface area contributed by atoms with Gasteiger partial charge in [0.15, 0.2) is 5.82 Å². The molecule has 1 atom stereocenters. The van der Waals surface area contributed by atoms with Crippen molar-refractivity contribution in [1.29, 1.82) is 0 Å². The van der Waals surface area contributed by atoms with Gasteiger partial charge in [-0.15, -0.1) is 0 Å². The Hall–Kier alpha value is -1.44. The molecule has 0 radical (unpaired) electrons. The molecule has 7 nitrogen and oxygen atoms in total. The van der Waals surface area contributed by atoms with Crippen LogP contribution >= 0.6 is 0 Å². The first-order chi connectivity index (χ1) is 8.72. The molecule has 1 fully saturated rings. The molecule has 7 heteroatoms. The van der Waals surface area contributed by atoms with E-state index in [1.54, 1.807) is 13.2 Å². The molecule has 18 heavy (non-hydrogen) atoms. The van der Waals surface area contributed by atoms with E-state index in [4.69, 9.17) is 10.6 Å². The highest BCUT2D eigenvalue weighted by molar-refractivity contribution is 5.46. The molecule has 1 aromatic heterocycles. The molecule has 5 N–H and O–H groups in total. The maximum absolute atomic E-state index is 9.78. The number of ether oxygens (including phenoxy) is 1. The van der Waals surface area contributed by atoms with Gasteiger partial charge in [-0.1, -0.05) is 0 Å². The van der Waals surface area contributed by atoms with Gasteiger partial charge >= 0.3 is 0 Å². The Morgan fingerprint density at radius 1 is 1.50 bits per heavy atom. The third kappa shape index (κ3) is 3.52. The van der Waals surface area contributed by atoms with Crippen molar-refractivity contribution in [2.45, 2.75) is 25.6 Å². The van der Waals surface area contributed by atoms with Crippen LogP contribution in [0.1, 0.15) is 18.7 Å². The normalized spacial score (nSPS) is 16.4. The van der Waals surface area contributed by atoms with Crippen molar-refractivity contribution in [3.05, 3.63) is 11.9 Å². The number of anilines is 2. The number of nitrogen functional groups attached to an aromatic ring is 1. The molecule has 0 aliphatic heterocycles. The molecule has 1 aliphatic carbocycles. The molecule has 0 spiro atoms. The Labute approximate surface area is 106 Å². The van der Waals surface area contributed by atoms with Crippen LogP contribution in [0, 0.1) is 5.92 Å². The average molecular weight is 253 g/mol. The number of hydrogen-bond donors (Lipinski definition) is 4. The van der Waals surface area contributed by atoms with Gasteiger partial charge in [-0.3, -0.25) is 0 Å². The SMILES string of the molecule is COCc1nc(NN)cc(NCC(O)C2CC2)n1. The van der Waals surface area contributed by atoms with Crippen molar-refractivity contribution in [3.8, 4) is 0 Å². The van der Waals surface area contributed by atoms with E-state index in [9.17, 15) is 5.11 Å². The first kappa shape index (κ1) is 13.0. The summed E-state index contributed by atoms with van der Waals surface area (Å²) in [5, 5.41) is 12.9. The predicted octanol–water partition coefficient (Wildman–Crippen LogP) is 0.0914. The van der Waals surface area contributed by atoms with E-state index in [0.29, 0.717) is 36.5 Å². The van der Waals surface area contributed by atoms with Crippen LogP contribution in [-0.2, 0) is 11.3 Å². The number of aliphatic hydroxyl groups is 1. The minimum atomic E-state index is -0.319. The van der Waals surface area contributed by atoms with E-state index in [1.807, 2.05) is 0 Å². The van der Waals surface area contributed by atoms with Crippen molar-refractivity contribution in [2.24, 2.45) is 11.8 Å². The number of aliphatic hydroxyl groups excluding tert-OH is 1. The van der Waals surface area contributed by atoms with Crippen molar-refractivity contribution in [3.63, 3.8) is 0 Å². The molecular formula is C11H19N5O2. The van der Waals surface area contributed by atoms with Gasteiger partial charge in [0.25, 0.3) is 0 Å². The number of rotatable bonds is 7. The highest BCUT2D eigenvalue weighted by Crippen LogP contribution is 2.32. The minimum absolute atomic E-state index is 0.315. The van der Waals surface area contributed by atoms with E-state index in [0.717, 1.165) is 12.8 Å². The van der Waals surface area contributed by atoms with Gasteiger partial charge in [0.1, 0.15) is 18.2 Å². The molecule has 0 bridgehead atoms. The van der Waals surface area contributed by atoms with Crippen LogP contribution in [0.5, 0.6) is 0 Å². The van der Waals surface area contributed by atoms with Crippen molar-refractivity contribution >= 4 is 11.6 Å². The summed E-state index contributed by atoms with van der Waals surface area (Å²) in [7, 11) is 1.58. The second-order valence-corrected chi connectivity index (χ2v) is 4.42. The summed E-state index contributed by atoms with van der Waals surface area (Å²) >= 11 is 0. The maximum Gasteiger partial charge on any atom is 0.158 e. The summed E-state index contributed by atoms with van der Waals surface area (Å²) < 4.78 is 4.99. The first-order valence-electron chi connectivity index (χ1n) is 5.98. The van der Waals surface area contributed by atoms with Gasteiger partial charge in [-0.25, -0.2) is 15.8 Å². The minimum Gasteiger partial charge on any atom is -0.391 e. The second kappa shape index (κ2) is 5.94. The topological polar surface area (TPSA) is 105 Å². The lowest BCUT2D eigenvalue weighted by atomic mass is 10.2. The number of nitrogens with two attached hydrogens (primary N) is 1. The van der Waals surface area contributed by atoms with Gasteiger partial charge in [-0.05, 0) is 18.8 Å². The highest BCUT2D eigenvalue weighted by atomic mass is 16.5. The zero-order chi connectivity index (χ0) is 13.0. The molecule has 1 unspecified atom stereocenters. The molecule has 1 aliphatic rings. The van der Waals surface area contributed by atoms with Crippen LogP contribution in [0.15, 0.2) is 6.07 Å². The molecule has 100 valence electrons. The van der Waals surface area contributed by atoms with Crippen LogP contribution in [0.3, 0.4) is 0 Å². The van der Waals surface area contributed by atoms with E-state index < -0.39 is 0 Å². The lowest BCUT2D eigenvalue weighted by Crippen LogP contribution is -2.22. The molecular weight excluding hydrogens is 234 g/mol. The van der Waals surface area contributed by atoms with E-state index in [2.05, 4.69) is 20.7 Å². The average Bonchev–Trinajstić information content (AvgIpc) is 3.20. The zero-order valence-corrected chi connectivity index (χ0v) is 10.4. The van der Waals surface area contributed by atoms with Crippen LogP contribution in [0.4, 0.5) is 11.6 Å². The molecule has 1 aromatic rings. The van der Waals surface area contributed by atoms with Crippen LogP contribution < -0.4 is 16.6 Å². The lowest BCUT2D eigenvalue weighted by Gasteiger charge is -2.12. The van der Waals surface area contributed by atoms with Crippen molar-refractivity contribution in [2.75, 3.05) is 24.4 Å². The standard InChI is InChI=1S/C11H19N5O2/c1-18-6-11-14-9(4-10(15-11)16-12)13-5-8(17)7-2-3-7/h4,7-8,17H,2-3,5-6,12H2,1H3,(H2,13,14,15,16). The van der Waals surface area contributed by atoms with E-state index in [1.165, 1.54) is 0 Å². The largest absolute Gasteiger partial charge is 0.391 e. The Morgan fingerprint density at radius 2 is 2.22 bits per heavy atom. The van der Waals surface area contributed by atoms with Gasteiger partial charge in [0, 0.05) is 19.7 Å². The quantitative estimate of drug-likeness (QED) is 0.403. The number of methoxy groups -OCH3 is 1. The summed E-state index contributed by atoms with van der Waals surface area (Å²) in [5.41, 5.74) is 2.48. The Balaban J connectivity index is 1.98. The smallest absolute Gasteiger partial charge is 0.158 e.